The van der Waals surface area contributed by atoms with Crippen molar-refractivity contribution in [3.05, 3.63) is 83.9 Å². The lowest BCUT2D eigenvalue weighted by Crippen LogP contribution is -2.37. The average molecular weight is 474 g/mol. The molecular weight excluding hydrogens is 446 g/mol. The smallest absolute Gasteiger partial charge is 0.332 e. The highest BCUT2D eigenvalue weighted by Gasteiger charge is 2.46. The molecule has 180 valence electrons. The fourth-order valence-corrected chi connectivity index (χ4v) is 3.93. The summed E-state index contributed by atoms with van der Waals surface area (Å²) in [5, 5.41) is 2.80. The van der Waals surface area contributed by atoms with E-state index in [2.05, 4.69) is 5.32 Å². The molecule has 1 aliphatic heterocycles. The molecule has 1 saturated heterocycles. The molecule has 4 rings (SSSR count). The van der Waals surface area contributed by atoms with Crippen LogP contribution < -0.4 is 19.7 Å². The third-order valence-electron chi connectivity index (χ3n) is 5.88. The molecule has 1 N–H and O–H groups in total. The van der Waals surface area contributed by atoms with Gasteiger partial charge in [0.1, 0.15) is 17.5 Å². The SMILES string of the molecule is COc1ccc(NC(=O)CC2C(=O)N(c3ccc(OC)cc3)C(=O)N2Cc2ccc(C)cc2)cc1. The molecule has 8 heteroatoms. The number of nitrogens with one attached hydrogen (secondary N) is 1. The molecule has 35 heavy (non-hydrogen) atoms. The summed E-state index contributed by atoms with van der Waals surface area (Å²) in [6.07, 6.45) is -0.172. The van der Waals surface area contributed by atoms with E-state index in [-0.39, 0.29) is 18.9 Å². The monoisotopic (exact) mass is 473 g/mol. The second kappa shape index (κ2) is 10.3. The van der Waals surface area contributed by atoms with Crippen molar-refractivity contribution < 1.29 is 23.9 Å². The third-order valence-corrected chi connectivity index (χ3v) is 5.88. The van der Waals surface area contributed by atoms with E-state index < -0.39 is 18.0 Å². The summed E-state index contributed by atoms with van der Waals surface area (Å²) in [6, 6.07) is 19.9. The molecule has 0 aliphatic carbocycles. The van der Waals surface area contributed by atoms with Crippen LogP contribution in [0.25, 0.3) is 0 Å². The van der Waals surface area contributed by atoms with Crippen molar-refractivity contribution in [1.82, 2.24) is 4.90 Å². The van der Waals surface area contributed by atoms with Gasteiger partial charge < -0.3 is 19.7 Å². The van der Waals surface area contributed by atoms with Gasteiger partial charge in [-0.05, 0) is 61.0 Å². The van der Waals surface area contributed by atoms with E-state index >= 15 is 0 Å². The predicted octanol–water partition coefficient (Wildman–Crippen LogP) is 4.38. The molecule has 3 aromatic rings. The van der Waals surface area contributed by atoms with Crippen molar-refractivity contribution in [2.45, 2.75) is 25.9 Å². The van der Waals surface area contributed by atoms with Crippen LogP contribution in [0, 0.1) is 6.92 Å². The van der Waals surface area contributed by atoms with Crippen molar-refractivity contribution in [3.8, 4) is 11.5 Å². The zero-order valence-corrected chi connectivity index (χ0v) is 19.9. The Morgan fingerprint density at radius 3 is 2.00 bits per heavy atom. The van der Waals surface area contributed by atoms with Crippen LogP contribution in [0.4, 0.5) is 16.2 Å². The Balaban J connectivity index is 1.58. The number of amides is 4. The maximum atomic E-state index is 13.4. The first-order valence-electron chi connectivity index (χ1n) is 11.2. The van der Waals surface area contributed by atoms with Crippen LogP contribution in [0.5, 0.6) is 11.5 Å². The zero-order valence-electron chi connectivity index (χ0n) is 19.9. The molecule has 1 atom stereocenters. The van der Waals surface area contributed by atoms with Gasteiger partial charge in [-0.25, -0.2) is 9.69 Å². The van der Waals surface area contributed by atoms with Crippen LogP contribution in [-0.4, -0.2) is 43.0 Å². The average Bonchev–Trinajstić information content (AvgIpc) is 3.09. The number of methoxy groups -OCH3 is 2. The van der Waals surface area contributed by atoms with Gasteiger partial charge in [0.25, 0.3) is 5.91 Å². The Morgan fingerprint density at radius 1 is 0.857 bits per heavy atom. The molecule has 1 unspecified atom stereocenters. The zero-order chi connectivity index (χ0) is 24.9. The summed E-state index contributed by atoms with van der Waals surface area (Å²) in [7, 11) is 3.11. The molecule has 8 nitrogen and oxygen atoms in total. The number of hydrogen-bond donors (Lipinski definition) is 1. The topological polar surface area (TPSA) is 88.2 Å². The summed E-state index contributed by atoms with van der Waals surface area (Å²) in [5.74, 6) is 0.461. The number of urea groups is 1. The number of hydrogen-bond acceptors (Lipinski definition) is 5. The summed E-state index contributed by atoms with van der Waals surface area (Å²) >= 11 is 0. The van der Waals surface area contributed by atoms with Crippen LogP contribution in [0.2, 0.25) is 0 Å². The van der Waals surface area contributed by atoms with Gasteiger partial charge >= 0.3 is 6.03 Å². The first-order valence-corrected chi connectivity index (χ1v) is 11.2. The number of carbonyl (C=O) groups excluding carboxylic acids is 3. The third kappa shape index (κ3) is 5.27. The maximum Gasteiger partial charge on any atom is 0.332 e. The molecule has 0 aromatic heterocycles. The lowest BCUT2D eigenvalue weighted by Gasteiger charge is -2.22. The lowest BCUT2D eigenvalue weighted by atomic mass is 10.1. The van der Waals surface area contributed by atoms with Crippen molar-refractivity contribution in [2.75, 3.05) is 24.4 Å². The summed E-state index contributed by atoms with van der Waals surface area (Å²) in [6.45, 7) is 2.18. The Labute approximate surface area is 204 Å². The van der Waals surface area contributed by atoms with Gasteiger partial charge in [-0.1, -0.05) is 29.8 Å². The van der Waals surface area contributed by atoms with Gasteiger partial charge in [0.2, 0.25) is 5.91 Å². The molecule has 1 fully saturated rings. The van der Waals surface area contributed by atoms with Crippen LogP contribution in [0.3, 0.4) is 0 Å². The number of imide groups is 1. The van der Waals surface area contributed by atoms with E-state index in [4.69, 9.17) is 9.47 Å². The predicted molar refractivity (Wildman–Crippen MR) is 133 cm³/mol. The van der Waals surface area contributed by atoms with E-state index in [1.54, 1.807) is 62.8 Å². The van der Waals surface area contributed by atoms with Gasteiger partial charge in [0.05, 0.1) is 26.3 Å². The highest BCUT2D eigenvalue weighted by molar-refractivity contribution is 6.22. The standard InChI is InChI=1S/C27H27N3O5/c1-18-4-6-19(7-5-18)17-29-24(16-25(31)28-20-8-12-22(34-2)13-9-20)26(32)30(27(29)33)21-10-14-23(35-3)15-11-21/h4-15,24H,16-17H2,1-3H3,(H,28,31). The Bertz CT molecular complexity index is 1210. The number of carbonyl (C=O) groups is 3. The van der Waals surface area contributed by atoms with Crippen molar-refractivity contribution in [1.29, 1.82) is 0 Å². The Kier molecular flexibility index (Phi) is 7.01. The molecule has 0 saturated carbocycles. The Morgan fingerprint density at radius 2 is 1.43 bits per heavy atom. The van der Waals surface area contributed by atoms with Gasteiger partial charge in [-0.15, -0.1) is 0 Å². The molecule has 3 aromatic carbocycles. The fraction of sp³-hybridized carbons (Fsp3) is 0.222. The van der Waals surface area contributed by atoms with Crippen LogP contribution in [0.15, 0.2) is 72.8 Å². The highest BCUT2D eigenvalue weighted by atomic mass is 16.5. The normalized spacial score (nSPS) is 15.3. The molecule has 0 bridgehead atoms. The minimum absolute atomic E-state index is 0.172. The van der Waals surface area contributed by atoms with Gasteiger partial charge in [0.15, 0.2) is 0 Å². The maximum absolute atomic E-state index is 13.4. The van der Waals surface area contributed by atoms with Gasteiger partial charge in [-0.2, -0.15) is 0 Å². The number of nitrogens with zero attached hydrogens (tertiary/aromatic N) is 2. The first-order chi connectivity index (χ1) is 16.9. The van der Waals surface area contributed by atoms with Crippen LogP contribution in [-0.2, 0) is 16.1 Å². The number of ether oxygens (including phenoxy) is 2. The lowest BCUT2D eigenvalue weighted by molar-refractivity contribution is -0.124. The van der Waals surface area contributed by atoms with E-state index in [0.717, 1.165) is 16.0 Å². The van der Waals surface area contributed by atoms with Crippen molar-refractivity contribution in [3.63, 3.8) is 0 Å². The highest BCUT2D eigenvalue weighted by Crippen LogP contribution is 2.30. The van der Waals surface area contributed by atoms with Crippen molar-refractivity contribution >= 4 is 29.2 Å². The Hall–Kier alpha value is -4.33. The number of benzene rings is 3. The van der Waals surface area contributed by atoms with Crippen LogP contribution >= 0.6 is 0 Å². The quantitative estimate of drug-likeness (QED) is 0.491. The number of anilines is 2. The summed E-state index contributed by atoms with van der Waals surface area (Å²) in [4.78, 5) is 42.3. The van der Waals surface area contributed by atoms with E-state index in [1.165, 1.54) is 4.90 Å². The molecular formula is C27H27N3O5. The van der Waals surface area contributed by atoms with Gasteiger partial charge in [0, 0.05) is 12.2 Å². The summed E-state index contributed by atoms with van der Waals surface area (Å²) in [5.41, 5.74) is 2.96. The van der Waals surface area contributed by atoms with Gasteiger partial charge in [-0.3, -0.25) is 9.59 Å². The van der Waals surface area contributed by atoms with Crippen molar-refractivity contribution in [2.24, 2.45) is 0 Å². The largest absolute Gasteiger partial charge is 0.497 e. The molecule has 1 aliphatic rings. The molecule has 1 heterocycles. The number of aryl methyl sites for hydroxylation is 1. The van der Waals surface area contributed by atoms with E-state index in [1.807, 2.05) is 31.2 Å². The minimum atomic E-state index is -0.941. The molecule has 0 radical (unpaired) electrons. The molecule has 4 amide bonds. The number of rotatable bonds is 8. The molecule has 0 spiro atoms. The minimum Gasteiger partial charge on any atom is -0.497 e. The van der Waals surface area contributed by atoms with Crippen LogP contribution in [0.1, 0.15) is 17.5 Å². The van der Waals surface area contributed by atoms with E-state index in [9.17, 15) is 14.4 Å². The van der Waals surface area contributed by atoms with E-state index in [0.29, 0.717) is 22.9 Å². The second-order valence-electron chi connectivity index (χ2n) is 8.26. The summed E-state index contributed by atoms with van der Waals surface area (Å²) < 4.78 is 10.3. The fourth-order valence-electron chi connectivity index (χ4n) is 3.93. The second-order valence-corrected chi connectivity index (χ2v) is 8.26. The first kappa shape index (κ1) is 23.8.